The predicted octanol–water partition coefficient (Wildman–Crippen LogP) is 1.04. The van der Waals surface area contributed by atoms with E-state index in [9.17, 15) is 4.79 Å². The van der Waals surface area contributed by atoms with E-state index in [0.717, 1.165) is 78.3 Å². The standard InChI is InChI=1S/C18H31N3O2/c1-3-5-6-8-19-9-7-10-21(12-11-19)18(22)17(4-2)20-13-15-23-16-14-20/h17H,3-4,7-16H2,1-2H3. The normalized spacial score (nSPS) is 22.1. The minimum atomic E-state index is 0.0188. The Morgan fingerprint density at radius 3 is 2.52 bits per heavy atom. The van der Waals surface area contributed by atoms with Gasteiger partial charge in [0.05, 0.1) is 25.8 Å². The topological polar surface area (TPSA) is 36.0 Å². The van der Waals surface area contributed by atoms with Crippen molar-refractivity contribution in [2.24, 2.45) is 0 Å². The lowest BCUT2D eigenvalue weighted by Gasteiger charge is -2.36. The van der Waals surface area contributed by atoms with Gasteiger partial charge in [-0.2, -0.15) is 0 Å². The van der Waals surface area contributed by atoms with Crippen molar-refractivity contribution in [2.45, 2.75) is 39.2 Å². The Morgan fingerprint density at radius 2 is 1.83 bits per heavy atom. The van der Waals surface area contributed by atoms with Gasteiger partial charge in [-0.05, 0) is 12.8 Å². The smallest absolute Gasteiger partial charge is 0.239 e. The van der Waals surface area contributed by atoms with Gasteiger partial charge in [-0.25, -0.2) is 0 Å². The molecule has 1 amide bonds. The van der Waals surface area contributed by atoms with Crippen LogP contribution < -0.4 is 0 Å². The molecule has 2 aliphatic rings. The maximum Gasteiger partial charge on any atom is 0.239 e. The van der Waals surface area contributed by atoms with Crippen LogP contribution in [0.3, 0.4) is 0 Å². The van der Waals surface area contributed by atoms with Gasteiger partial charge in [0, 0.05) is 45.7 Å². The van der Waals surface area contributed by atoms with E-state index in [1.807, 2.05) is 0 Å². The molecule has 0 spiro atoms. The molecule has 2 aliphatic heterocycles. The molecule has 0 aliphatic carbocycles. The summed E-state index contributed by atoms with van der Waals surface area (Å²) in [7, 11) is 0. The lowest BCUT2D eigenvalue weighted by Crippen LogP contribution is -2.52. The molecule has 0 aromatic heterocycles. The number of rotatable bonds is 4. The quantitative estimate of drug-likeness (QED) is 0.725. The fraction of sp³-hybridized carbons (Fsp3) is 0.833. The van der Waals surface area contributed by atoms with Crippen LogP contribution in [0.5, 0.6) is 0 Å². The number of nitrogens with zero attached hydrogens (tertiary/aromatic N) is 3. The molecular weight excluding hydrogens is 290 g/mol. The summed E-state index contributed by atoms with van der Waals surface area (Å²) in [5, 5.41) is 0. The van der Waals surface area contributed by atoms with Gasteiger partial charge in [0.1, 0.15) is 0 Å². The summed E-state index contributed by atoms with van der Waals surface area (Å²) in [6.45, 7) is 11.9. The number of carbonyl (C=O) groups excluding carboxylic acids is 1. The van der Waals surface area contributed by atoms with Crippen LogP contribution in [-0.2, 0) is 9.53 Å². The molecule has 0 N–H and O–H groups in total. The molecule has 5 heteroatoms. The zero-order valence-corrected chi connectivity index (χ0v) is 14.7. The summed E-state index contributed by atoms with van der Waals surface area (Å²) < 4.78 is 5.41. The number of hydrogen-bond acceptors (Lipinski definition) is 4. The van der Waals surface area contributed by atoms with Gasteiger partial charge in [-0.15, -0.1) is 5.92 Å². The third kappa shape index (κ3) is 5.49. The van der Waals surface area contributed by atoms with Gasteiger partial charge < -0.3 is 9.64 Å². The second kappa shape index (κ2) is 9.92. The van der Waals surface area contributed by atoms with Crippen molar-refractivity contribution in [3.8, 4) is 11.8 Å². The first-order chi connectivity index (χ1) is 11.3. The molecule has 0 aromatic carbocycles. The zero-order chi connectivity index (χ0) is 16.5. The highest BCUT2D eigenvalue weighted by molar-refractivity contribution is 5.82. The van der Waals surface area contributed by atoms with Crippen molar-refractivity contribution in [1.29, 1.82) is 0 Å². The van der Waals surface area contributed by atoms with E-state index < -0.39 is 0 Å². The van der Waals surface area contributed by atoms with Crippen molar-refractivity contribution in [3.05, 3.63) is 0 Å². The Balaban J connectivity index is 1.88. The van der Waals surface area contributed by atoms with Gasteiger partial charge >= 0.3 is 0 Å². The third-order valence-corrected chi connectivity index (χ3v) is 4.66. The molecule has 2 heterocycles. The summed E-state index contributed by atoms with van der Waals surface area (Å²) in [6, 6.07) is 0.0188. The second-order valence-electron chi connectivity index (χ2n) is 6.23. The van der Waals surface area contributed by atoms with Gasteiger partial charge in [-0.1, -0.05) is 19.8 Å². The average Bonchev–Trinajstić information content (AvgIpc) is 2.82. The highest BCUT2D eigenvalue weighted by Gasteiger charge is 2.30. The van der Waals surface area contributed by atoms with E-state index in [1.54, 1.807) is 0 Å². The Hall–Kier alpha value is -1.09. The highest BCUT2D eigenvalue weighted by Crippen LogP contribution is 2.13. The van der Waals surface area contributed by atoms with E-state index in [4.69, 9.17) is 4.74 Å². The molecule has 0 saturated carbocycles. The second-order valence-corrected chi connectivity index (χ2v) is 6.23. The zero-order valence-electron chi connectivity index (χ0n) is 14.7. The van der Waals surface area contributed by atoms with Crippen molar-refractivity contribution < 1.29 is 9.53 Å². The molecule has 2 rings (SSSR count). The Kier molecular flexibility index (Phi) is 7.87. The van der Waals surface area contributed by atoms with Crippen LogP contribution >= 0.6 is 0 Å². The number of carbonyl (C=O) groups is 1. The number of morpholine rings is 1. The molecule has 2 saturated heterocycles. The highest BCUT2D eigenvalue weighted by atomic mass is 16.5. The first-order valence-corrected chi connectivity index (χ1v) is 9.05. The van der Waals surface area contributed by atoms with Crippen molar-refractivity contribution >= 4 is 5.91 Å². The molecule has 5 nitrogen and oxygen atoms in total. The van der Waals surface area contributed by atoms with Crippen molar-refractivity contribution in [1.82, 2.24) is 14.7 Å². The minimum Gasteiger partial charge on any atom is -0.379 e. The minimum absolute atomic E-state index is 0.0188. The van der Waals surface area contributed by atoms with Crippen LogP contribution in [0.25, 0.3) is 0 Å². The summed E-state index contributed by atoms with van der Waals surface area (Å²) in [5.41, 5.74) is 0. The SMILES string of the molecule is CCC#CCN1CCCN(C(=O)C(CC)N2CCOCC2)CC1. The van der Waals surface area contributed by atoms with E-state index in [2.05, 4.69) is 40.4 Å². The molecule has 0 bridgehead atoms. The summed E-state index contributed by atoms with van der Waals surface area (Å²) in [5.74, 6) is 6.64. The van der Waals surface area contributed by atoms with Crippen molar-refractivity contribution in [2.75, 3.05) is 59.0 Å². The van der Waals surface area contributed by atoms with E-state index in [1.165, 1.54) is 0 Å². The van der Waals surface area contributed by atoms with Gasteiger partial charge in [0.25, 0.3) is 0 Å². The summed E-state index contributed by atoms with van der Waals surface area (Å²) >= 11 is 0. The maximum absolute atomic E-state index is 12.9. The monoisotopic (exact) mass is 321 g/mol. The lowest BCUT2D eigenvalue weighted by atomic mass is 10.1. The fourth-order valence-corrected chi connectivity index (χ4v) is 3.33. The van der Waals surface area contributed by atoms with E-state index in [0.29, 0.717) is 5.91 Å². The van der Waals surface area contributed by atoms with Crippen LogP contribution in [0.1, 0.15) is 33.1 Å². The van der Waals surface area contributed by atoms with Gasteiger partial charge in [-0.3, -0.25) is 14.6 Å². The largest absolute Gasteiger partial charge is 0.379 e. The number of ether oxygens (including phenoxy) is 1. The Morgan fingerprint density at radius 1 is 1.04 bits per heavy atom. The molecule has 0 radical (unpaired) electrons. The Bertz CT molecular complexity index is 424. The lowest BCUT2D eigenvalue weighted by molar-refractivity contribution is -0.138. The van der Waals surface area contributed by atoms with Crippen LogP contribution in [0.2, 0.25) is 0 Å². The van der Waals surface area contributed by atoms with Gasteiger partial charge in [0.2, 0.25) is 5.91 Å². The molecule has 1 unspecified atom stereocenters. The molecule has 2 fully saturated rings. The molecule has 1 atom stereocenters. The number of hydrogen-bond donors (Lipinski definition) is 0. The molecule has 130 valence electrons. The maximum atomic E-state index is 12.9. The van der Waals surface area contributed by atoms with Crippen LogP contribution in [0, 0.1) is 11.8 Å². The van der Waals surface area contributed by atoms with Crippen LogP contribution in [-0.4, -0.2) is 85.7 Å². The summed E-state index contributed by atoms with van der Waals surface area (Å²) in [4.78, 5) is 19.7. The third-order valence-electron chi connectivity index (χ3n) is 4.66. The van der Waals surface area contributed by atoms with Crippen LogP contribution in [0.4, 0.5) is 0 Å². The number of amides is 1. The fourth-order valence-electron chi connectivity index (χ4n) is 3.33. The van der Waals surface area contributed by atoms with E-state index >= 15 is 0 Å². The predicted molar refractivity (Wildman–Crippen MR) is 92.2 cm³/mol. The Labute approximate surface area is 140 Å². The van der Waals surface area contributed by atoms with Gasteiger partial charge in [0.15, 0.2) is 0 Å². The molecular formula is C18H31N3O2. The van der Waals surface area contributed by atoms with E-state index in [-0.39, 0.29) is 6.04 Å². The molecule has 0 aromatic rings. The van der Waals surface area contributed by atoms with Crippen molar-refractivity contribution in [3.63, 3.8) is 0 Å². The van der Waals surface area contributed by atoms with Crippen LogP contribution in [0.15, 0.2) is 0 Å². The molecule has 23 heavy (non-hydrogen) atoms. The average molecular weight is 321 g/mol. The summed E-state index contributed by atoms with van der Waals surface area (Å²) in [6.07, 6.45) is 2.83. The first kappa shape index (κ1) is 18.3. The first-order valence-electron chi connectivity index (χ1n) is 9.05.